The van der Waals surface area contributed by atoms with Gasteiger partial charge in [0.05, 0.1) is 13.2 Å². The average molecular weight is 504 g/mol. The molecule has 0 saturated carbocycles. The highest BCUT2D eigenvalue weighted by Crippen LogP contribution is 2.31. The van der Waals surface area contributed by atoms with E-state index in [9.17, 15) is 9.59 Å². The van der Waals surface area contributed by atoms with Gasteiger partial charge in [-0.2, -0.15) is 0 Å². The van der Waals surface area contributed by atoms with Gasteiger partial charge in [0.1, 0.15) is 11.8 Å². The van der Waals surface area contributed by atoms with Crippen molar-refractivity contribution < 1.29 is 14.3 Å². The van der Waals surface area contributed by atoms with Crippen molar-refractivity contribution in [3.63, 3.8) is 0 Å². The Morgan fingerprint density at radius 1 is 1.00 bits per heavy atom. The Labute approximate surface area is 219 Å². The molecular formula is C29H37N5O3. The fraction of sp³-hybridized carbons (Fsp3) is 0.448. The summed E-state index contributed by atoms with van der Waals surface area (Å²) in [4.78, 5) is 32.0. The van der Waals surface area contributed by atoms with Crippen LogP contribution in [0.25, 0.3) is 0 Å². The first-order valence-corrected chi connectivity index (χ1v) is 13.2. The Hall–Kier alpha value is -3.52. The van der Waals surface area contributed by atoms with Gasteiger partial charge in [0, 0.05) is 57.2 Å². The fourth-order valence-corrected chi connectivity index (χ4v) is 5.33. The second-order valence-electron chi connectivity index (χ2n) is 10.3. The molecule has 0 bridgehead atoms. The maximum atomic E-state index is 13.2. The van der Waals surface area contributed by atoms with Gasteiger partial charge in [-0.15, -0.1) is 0 Å². The summed E-state index contributed by atoms with van der Waals surface area (Å²) in [5.41, 5.74) is 7.10. The summed E-state index contributed by atoms with van der Waals surface area (Å²) in [6, 6.07) is 16.5. The molecule has 3 aliphatic rings. The fourth-order valence-electron chi connectivity index (χ4n) is 5.33. The Morgan fingerprint density at radius 2 is 1.70 bits per heavy atom. The molecule has 0 aliphatic carbocycles. The first kappa shape index (κ1) is 25.1. The molecular weight excluding hydrogens is 466 g/mol. The standard InChI is InChI=1S/C29H37N5O3/c1-21(2)22-4-6-23(7-5-22)26-20-27-29(36)33(18-19-34(27)30-26)13-12-28(35)32-16-14-31(15-17-32)24-8-10-25(37-3)11-9-24/h4-11,18-19,21,26-27,30H,12-17,20H2,1-3H3. The maximum Gasteiger partial charge on any atom is 0.250 e. The number of carbonyl (C=O) groups is 2. The molecule has 2 unspecified atom stereocenters. The number of hydrogen-bond donors (Lipinski definition) is 1. The minimum atomic E-state index is -0.247. The summed E-state index contributed by atoms with van der Waals surface area (Å²) in [5, 5.41) is 1.92. The van der Waals surface area contributed by atoms with Gasteiger partial charge in [-0.3, -0.25) is 9.59 Å². The van der Waals surface area contributed by atoms with Crippen LogP contribution in [0.4, 0.5) is 5.69 Å². The van der Waals surface area contributed by atoms with Crippen LogP contribution in [0.3, 0.4) is 0 Å². The second kappa shape index (κ2) is 10.8. The SMILES string of the molecule is COc1ccc(N2CCN(C(=O)CCN3C=CN4NC(c5ccc(C(C)C)cc5)CC4C3=O)CC2)cc1. The van der Waals surface area contributed by atoms with Crippen LogP contribution in [-0.4, -0.2) is 72.5 Å². The minimum absolute atomic E-state index is 0.0495. The van der Waals surface area contributed by atoms with Gasteiger partial charge >= 0.3 is 0 Å². The summed E-state index contributed by atoms with van der Waals surface area (Å²) in [6.45, 7) is 7.75. The molecule has 8 heteroatoms. The van der Waals surface area contributed by atoms with Crippen molar-refractivity contribution in [1.29, 1.82) is 0 Å². The van der Waals surface area contributed by atoms with E-state index >= 15 is 0 Å². The number of hydrazine groups is 1. The van der Waals surface area contributed by atoms with Crippen LogP contribution < -0.4 is 15.1 Å². The molecule has 37 heavy (non-hydrogen) atoms. The lowest BCUT2D eigenvalue weighted by Crippen LogP contribution is -2.50. The van der Waals surface area contributed by atoms with Crippen LogP contribution in [-0.2, 0) is 9.59 Å². The van der Waals surface area contributed by atoms with E-state index < -0.39 is 0 Å². The summed E-state index contributed by atoms with van der Waals surface area (Å²) >= 11 is 0. The van der Waals surface area contributed by atoms with Crippen LogP contribution in [0, 0.1) is 0 Å². The number of carbonyl (C=O) groups excluding carboxylic acids is 2. The zero-order valence-corrected chi connectivity index (χ0v) is 22.0. The molecule has 2 fully saturated rings. The molecule has 2 amide bonds. The van der Waals surface area contributed by atoms with Crippen molar-refractivity contribution >= 4 is 17.5 Å². The highest BCUT2D eigenvalue weighted by Gasteiger charge is 2.40. The van der Waals surface area contributed by atoms with Gasteiger partial charge in [-0.25, -0.2) is 5.43 Å². The van der Waals surface area contributed by atoms with E-state index in [1.165, 1.54) is 11.1 Å². The lowest BCUT2D eigenvalue weighted by Gasteiger charge is -2.37. The zero-order chi connectivity index (χ0) is 25.9. The van der Waals surface area contributed by atoms with Crippen molar-refractivity contribution in [1.82, 2.24) is 20.2 Å². The topological polar surface area (TPSA) is 68.4 Å². The maximum absolute atomic E-state index is 13.2. The number of nitrogens with zero attached hydrogens (tertiary/aromatic N) is 4. The second-order valence-corrected chi connectivity index (χ2v) is 10.3. The molecule has 5 rings (SSSR count). The molecule has 0 radical (unpaired) electrons. The van der Waals surface area contributed by atoms with Crippen LogP contribution in [0.5, 0.6) is 5.75 Å². The van der Waals surface area contributed by atoms with E-state index in [2.05, 4.69) is 60.6 Å². The third kappa shape index (κ3) is 5.44. The Morgan fingerprint density at radius 3 is 2.35 bits per heavy atom. The molecule has 1 N–H and O–H groups in total. The minimum Gasteiger partial charge on any atom is -0.497 e. The van der Waals surface area contributed by atoms with Gasteiger partial charge in [-0.05, 0) is 47.7 Å². The Kier molecular flexibility index (Phi) is 7.37. The van der Waals surface area contributed by atoms with Gasteiger partial charge in [0.15, 0.2) is 0 Å². The van der Waals surface area contributed by atoms with Gasteiger partial charge < -0.3 is 24.4 Å². The highest BCUT2D eigenvalue weighted by atomic mass is 16.5. The average Bonchev–Trinajstić information content (AvgIpc) is 3.38. The number of anilines is 1. The monoisotopic (exact) mass is 503 g/mol. The number of rotatable bonds is 7. The summed E-state index contributed by atoms with van der Waals surface area (Å²) in [7, 11) is 1.66. The Bertz CT molecular complexity index is 1120. The van der Waals surface area contributed by atoms with Crippen molar-refractivity contribution in [3.05, 3.63) is 72.1 Å². The van der Waals surface area contributed by atoms with E-state index in [4.69, 9.17) is 4.74 Å². The number of benzene rings is 2. The lowest BCUT2D eigenvalue weighted by molar-refractivity contribution is -0.136. The lowest BCUT2D eigenvalue weighted by atomic mass is 9.97. The van der Waals surface area contributed by atoms with Crippen LogP contribution >= 0.6 is 0 Å². The van der Waals surface area contributed by atoms with Gasteiger partial charge in [0.2, 0.25) is 5.91 Å². The summed E-state index contributed by atoms with van der Waals surface area (Å²) in [5.74, 6) is 1.49. The Balaban J connectivity index is 1.10. The van der Waals surface area contributed by atoms with Crippen molar-refractivity contribution in [2.75, 3.05) is 44.7 Å². The van der Waals surface area contributed by atoms with E-state index in [1.807, 2.05) is 28.2 Å². The molecule has 3 heterocycles. The molecule has 2 aromatic rings. The van der Waals surface area contributed by atoms with E-state index in [0.29, 0.717) is 38.4 Å². The van der Waals surface area contributed by atoms with E-state index in [1.54, 1.807) is 18.2 Å². The largest absolute Gasteiger partial charge is 0.497 e. The summed E-state index contributed by atoms with van der Waals surface area (Å²) in [6.07, 6.45) is 4.76. The third-order valence-corrected chi connectivity index (χ3v) is 7.72. The first-order valence-electron chi connectivity index (χ1n) is 13.2. The quantitative estimate of drug-likeness (QED) is 0.624. The molecule has 196 valence electrons. The summed E-state index contributed by atoms with van der Waals surface area (Å²) < 4.78 is 5.24. The molecule has 2 aromatic carbocycles. The third-order valence-electron chi connectivity index (χ3n) is 7.72. The van der Waals surface area contributed by atoms with E-state index in [0.717, 1.165) is 24.5 Å². The number of ether oxygens (including phenoxy) is 1. The molecule has 2 atom stereocenters. The first-order chi connectivity index (χ1) is 17.9. The smallest absolute Gasteiger partial charge is 0.250 e. The van der Waals surface area contributed by atoms with E-state index in [-0.39, 0.29) is 23.9 Å². The number of fused-ring (bicyclic) bond motifs is 1. The van der Waals surface area contributed by atoms with Crippen LogP contribution in [0.1, 0.15) is 49.8 Å². The molecule has 0 spiro atoms. The van der Waals surface area contributed by atoms with Crippen LogP contribution in [0.2, 0.25) is 0 Å². The van der Waals surface area contributed by atoms with Gasteiger partial charge in [-0.1, -0.05) is 38.1 Å². The number of nitrogens with one attached hydrogen (secondary N) is 1. The molecule has 2 saturated heterocycles. The normalized spacial score (nSPS) is 21.6. The predicted molar refractivity (Wildman–Crippen MR) is 144 cm³/mol. The number of amides is 2. The van der Waals surface area contributed by atoms with Crippen molar-refractivity contribution in [2.45, 2.75) is 44.7 Å². The highest BCUT2D eigenvalue weighted by molar-refractivity contribution is 5.85. The number of hydrogen-bond acceptors (Lipinski definition) is 6. The van der Waals surface area contributed by atoms with Crippen molar-refractivity contribution in [2.24, 2.45) is 0 Å². The van der Waals surface area contributed by atoms with Crippen molar-refractivity contribution in [3.8, 4) is 5.75 Å². The van der Waals surface area contributed by atoms with Crippen LogP contribution in [0.15, 0.2) is 60.9 Å². The molecule has 0 aromatic heterocycles. The van der Waals surface area contributed by atoms with Gasteiger partial charge in [0.25, 0.3) is 5.91 Å². The predicted octanol–water partition coefficient (Wildman–Crippen LogP) is 3.49. The number of piperazine rings is 1. The number of methoxy groups -OCH3 is 1. The molecule has 8 nitrogen and oxygen atoms in total. The zero-order valence-electron chi connectivity index (χ0n) is 22.0. The molecule has 3 aliphatic heterocycles.